The summed E-state index contributed by atoms with van der Waals surface area (Å²) in [5.74, 6) is 0.293. The Labute approximate surface area is 204 Å². The summed E-state index contributed by atoms with van der Waals surface area (Å²) in [7, 11) is 0. The number of carbonyl (C=O) groups excluding carboxylic acids is 1. The lowest BCUT2D eigenvalue weighted by molar-refractivity contribution is 0.0924. The van der Waals surface area contributed by atoms with Crippen molar-refractivity contribution < 1.29 is 14.3 Å². The van der Waals surface area contributed by atoms with Gasteiger partial charge in [-0.2, -0.15) is 5.10 Å². The number of carbonyl (C=O) groups is 1. The summed E-state index contributed by atoms with van der Waals surface area (Å²) in [6, 6.07) is 9.59. The largest absolute Gasteiger partial charge is 0.506 e. The normalized spacial score (nSPS) is 19.9. The van der Waals surface area contributed by atoms with Gasteiger partial charge in [0.15, 0.2) is 0 Å². The lowest BCUT2D eigenvalue weighted by Gasteiger charge is -2.29. The summed E-state index contributed by atoms with van der Waals surface area (Å²) < 4.78 is 15.4. The quantitative estimate of drug-likeness (QED) is 0.445. The van der Waals surface area contributed by atoms with E-state index in [-0.39, 0.29) is 29.4 Å². The van der Waals surface area contributed by atoms with Crippen molar-refractivity contribution in [3.05, 3.63) is 82.7 Å². The van der Waals surface area contributed by atoms with Crippen molar-refractivity contribution in [1.82, 2.24) is 20.1 Å². The number of hydrogen-bond donors (Lipinski definition) is 2. The first-order chi connectivity index (χ1) is 16.9. The summed E-state index contributed by atoms with van der Waals surface area (Å²) in [6.45, 7) is 4.40. The van der Waals surface area contributed by atoms with Crippen molar-refractivity contribution in [1.29, 1.82) is 0 Å². The van der Waals surface area contributed by atoms with Crippen LogP contribution >= 0.6 is 0 Å². The molecule has 2 aromatic heterocycles. The third kappa shape index (κ3) is 4.59. The minimum atomic E-state index is -0.248. The summed E-state index contributed by atoms with van der Waals surface area (Å²) >= 11 is 0. The molecule has 0 radical (unpaired) electrons. The fraction of sp³-hybridized carbons (Fsp3) is 0.393. The first-order valence-electron chi connectivity index (χ1n) is 12.4. The van der Waals surface area contributed by atoms with Gasteiger partial charge in [-0.15, -0.1) is 0 Å². The Bertz CT molecular complexity index is 1250. The Balaban J connectivity index is 1.33. The van der Waals surface area contributed by atoms with Crippen molar-refractivity contribution in [3.63, 3.8) is 0 Å². The lowest BCUT2D eigenvalue weighted by atomic mass is 9.78. The molecule has 7 heteroatoms. The molecule has 2 heterocycles. The van der Waals surface area contributed by atoms with Gasteiger partial charge in [-0.1, -0.05) is 31.4 Å². The Morgan fingerprint density at radius 1 is 1.23 bits per heavy atom. The molecule has 3 aromatic rings. The Morgan fingerprint density at radius 2 is 2.03 bits per heavy atom. The molecule has 2 aliphatic carbocycles. The van der Waals surface area contributed by atoms with E-state index in [1.165, 1.54) is 46.8 Å². The fourth-order valence-corrected chi connectivity index (χ4v) is 5.85. The highest BCUT2D eigenvalue weighted by atomic mass is 19.1. The average molecular weight is 475 g/mol. The third-order valence-corrected chi connectivity index (χ3v) is 7.45. The van der Waals surface area contributed by atoms with E-state index in [1.807, 2.05) is 10.9 Å². The number of aromatic nitrogens is 3. The van der Waals surface area contributed by atoms with Crippen LogP contribution in [-0.2, 0) is 6.42 Å². The molecule has 0 aliphatic heterocycles. The van der Waals surface area contributed by atoms with E-state index in [0.717, 1.165) is 44.2 Å². The van der Waals surface area contributed by atoms with Crippen LogP contribution < -0.4 is 5.32 Å². The number of amides is 1. The molecule has 1 amide bonds. The number of nitrogens with zero attached hydrogens (tertiary/aromatic N) is 3. The van der Waals surface area contributed by atoms with E-state index < -0.39 is 0 Å². The lowest BCUT2D eigenvalue weighted by Crippen LogP contribution is -2.37. The van der Waals surface area contributed by atoms with Gasteiger partial charge >= 0.3 is 0 Å². The highest BCUT2D eigenvalue weighted by molar-refractivity contribution is 5.92. The molecule has 0 fully saturated rings. The molecule has 0 bridgehead atoms. The minimum absolute atomic E-state index is 0.0467. The second-order valence-corrected chi connectivity index (χ2v) is 9.72. The Morgan fingerprint density at radius 3 is 2.74 bits per heavy atom. The summed E-state index contributed by atoms with van der Waals surface area (Å²) in [6.07, 6.45) is 9.08. The number of fused-ring (bicyclic) bond motifs is 1. The first kappa shape index (κ1) is 23.3. The van der Waals surface area contributed by atoms with Crippen LogP contribution in [0.4, 0.5) is 4.39 Å². The van der Waals surface area contributed by atoms with Gasteiger partial charge in [0.1, 0.15) is 17.3 Å². The number of halogens is 1. The molecular formula is C28H31FN4O2. The molecule has 0 saturated carbocycles. The van der Waals surface area contributed by atoms with Crippen molar-refractivity contribution in [2.24, 2.45) is 5.92 Å². The van der Waals surface area contributed by atoms with Crippen molar-refractivity contribution in [3.8, 4) is 11.4 Å². The molecule has 0 spiro atoms. The number of allylic oxidation sites excluding steroid dienone is 2. The second-order valence-electron chi connectivity index (χ2n) is 9.72. The number of hydrogen-bond acceptors (Lipinski definition) is 4. The molecule has 35 heavy (non-hydrogen) atoms. The van der Waals surface area contributed by atoms with Gasteiger partial charge in [0.05, 0.1) is 23.8 Å². The fourth-order valence-electron chi connectivity index (χ4n) is 5.85. The average Bonchev–Trinajstić information content (AvgIpc) is 3.45. The third-order valence-electron chi connectivity index (χ3n) is 7.45. The highest BCUT2D eigenvalue weighted by Gasteiger charge is 2.37. The molecule has 0 saturated heterocycles. The van der Waals surface area contributed by atoms with Crippen LogP contribution in [0, 0.1) is 11.7 Å². The molecule has 2 N–H and O–H groups in total. The number of pyridine rings is 1. The zero-order valence-electron chi connectivity index (χ0n) is 20.2. The van der Waals surface area contributed by atoms with Gasteiger partial charge < -0.3 is 10.4 Å². The van der Waals surface area contributed by atoms with Crippen LogP contribution in [0.5, 0.6) is 5.75 Å². The minimum Gasteiger partial charge on any atom is -0.506 e. The van der Waals surface area contributed by atoms with E-state index >= 15 is 0 Å². The van der Waals surface area contributed by atoms with E-state index in [4.69, 9.17) is 0 Å². The number of aromatic hydroxyl groups is 1. The van der Waals surface area contributed by atoms with Crippen LogP contribution in [0.2, 0.25) is 0 Å². The molecular weight excluding hydrogens is 443 g/mol. The summed E-state index contributed by atoms with van der Waals surface area (Å²) in [4.78, 5) is 16.8. The monoisotopic (exact) mass is 474 g/mol. The SMILES string of the molecule is CCCC(C[C@H]1CCC2=C1[C@@H](C)c1cnn(-c3ccc(F)cc3)c1C2)NC(=O)c1ccc(O)cn1. The molecule has 1 aromatic carbocycles. The second kappa shape index (κ2) is 9.64. The number of nitrogens with one attached hydrogen (secondary N) is 1. The maximum Gasteiger partial charge on any atom is 0.270 e. The van der Waals surface area contributed by atoms with Crippen LogP contribution in [0.25, 0.3) is 5.69 Å². The van der Waals surface area contributed by atoms with Crippen LogP contribution in [0.15, 0.2) is 59.9 Å². The maximum absolute atomic E-state index is 13.4. The van der Waals surface area contributed by atoms with E-state index in [0.29, 0.717) is 11.6 Å². The molecule has 2 aliphatic rings. The highest BCUT2D eigenvalue weighted by Crippen LogP contribution is 2.48. The van der Waals surface area contributed by atoms with Crippen LogP contribution in [0.3, 0.4) is 0 Å². The Hall–Kier alpha value is -3.48. The maximum atomic E-state index is 13.4. The summed E-state index contributed by atoms with van der Waals surface area (Å²) in [5, 5.41) is 17.3. The van der Waals surface area contributed by atoms with Gasteiger partial charge in [-0.3, -0.25) is 4.79 Å². The van der Waals surface area contributed by atoms with Crippen molar-refractivity contribution in [2.45, 2.75) is 64.3 Å². The van der Waals surface area contributed by atoms with Gasteiger partial charge in [-0.05, 0) is 68.0 Å². The van der Waals surface area contributed by atoms with Gasteiger partial charge in [0.2, 0.25) is 0 Å². The van der Waals surface area contributed by atoms with E-state index in [2.05, 4.69) is 29.2 Å². The topological polar surface area (TPSA) is 80.0 Å². The number of benzene rings is 1. The standard InChI is InChI=1S/C28H31FN4O2/c1-3-4-21(32-28(35)25-12-11-23(34)15-30-25)13-18-5-6-19-14-26-24(17(2)27(18)19)16-31-33(26)22-9-7-20(29)8-10-22/h7-12,15-18,21,34H,3-6,13-14H2,1-2H3,(H,32,35)/t17-,18+,21?/m0/s1. The molecule has 5 rings (SSSR count). The van der Waals surface area contributed by atoms with Gasteiger partial charge in [0, 0.05) is 23.9 Å². The zero-order chi connectivity index (χ0) is 24.5. The first-order valence-corrected chi connectivity index (χ1v) is 12.4. The predicted octanol–water partition coefficient (Wildman–Crippen LogP) is 5.47. The van der Waals surface area contributed by atoms with Crippen molar-refractivity contribution in [2.75, 3.05) is 0 Å². The van der Waals surface area contributed by atoms with Crippen LogP contribution in [-0.4, -0.2) is 31.8 Å². The predicted molar refractivity (Wildman–Crippen MR) is 132 cm³/mol. The van der Waals surface area contributed by atoms with Crippen molar-refractivity contribution >= 4 is 5.91 Å². The molecule has 6 nitrogen and oxygen atoms in total. The molecule has 182 valence electrons. The number of rotatable bonds is 7. The Kier molecular flexibility index (Phi) is 6.41. The van der Waals surface area contributed by atoms with E-state index in [1.54, 1.807) is 18.2 Å². The molecule has 3 atom stereocenters. The summed E-state index contributed by atoms with van der Waals surface area (Å²) in [5.41, 5.74) is 6.63. The molecule has 1 unspecified atom stereocenters. The van der Waals surface area contributed by atoms with Gasteiger partial charge in [-0.25, -0.2) is 14.1 Å². The van der Waals surface area contributed by atoms with Gasteiger partial charge in [0.25, 0.3) is 5.91 Å². The zero-order valence-corrected chi connectivity index (χ0v) is 20.2. The smallest absolute Gasteiger partial charge is 0.270 e. The van der Waals surface area contributed by atoms with E-state index in [9.17, 15) is 14.3 Å². The van der Waals surface area contributed by atoms with Crippen LogP contribution in [0.1, 0.15) is 73.6 Å².